The lowest BCUT2D eigenvalue weighted by molar-refractivity contribution is -0.138. The Kier molecular flexibility index (Phi) is 2.53. The van der Waals surface area contributed by atoms with Crippen LogP contribution in [0, 0.1) is 5.92 Å². The second-order valence-corrected chi connectivity index (χ2v) is 5.66. The topological polar surface area (TPSA) is 37.3 Å². The zero-order valence-corrected chi connectivity index (χ0v) is 10.0. The first-order valence-corrected chi connectivity index (χ1v) is 5.73. The Morgan fingerprint density at radius 1 is 1.25 bits per heavy atom. The smallest absolute Gasteiger partial charge is 0.307 e. The van der Waals surface area contributed by atoms with Crippen molar-refractivity contribution in [2.75, 3.05) is 0 Å². The summed E-state index contributed by atoms with van der Waals surface area (Å²) >= 11 is 0. The van der Waals surface area contributed by atoms with E-state index in [2.05, 4.69) is 45.0 Å². The van der Waals surface area contributed by atoms with Gasteiger partial charge in [-0.25, -0.2) is 0 Å². The van der Waals surface area contributed by atoms with E-state index in [4.69, 9.17) is 5.11 Å². The van der Waals surface area contributed by atoms with E-state index in [0.29, 0.717) is 0 Å². The summed E-state index contributed by atoms with van der Waals surface area (Å²) in [6.07, 6.45) is 0.796. The minimum atomic E-state index is -0.662. The van der Waals surface area contributed by atoms with Crippen LogP contribution >= 0.6 is 0 Å². The molecule has 0 aromatic heterocycles. The summed E-state index contributed by atoms with van der Waals surface area (Å²) in [5.41, 5.74) is 2.62. The van der Waals surface area contributed by atoms with Crippen molar-refractivity contribution < 1.29 is 9.90 Å². The van der Waals surface area contributed by atoms with Crippen LogP contribution in [0.5, 0.6) is 0 Å². The molecule has 2 nitrogen and oxygen atoms in total. The molecule has 16 heavy (non-hydrogen) atoms. The number of carboxylic acids is 1. The average Bonchev–Trinajstić information content (AvgIpc) is 2.96. The van der Waals surface area contributed by atoms with Gasteiger partial charge in [0.15, 0.2) is 0 Å². The predicted molar refractivity (Wildman–Crippen MR) is 63.6 cm³/mol. The molecule has 1 aromatic carbocycles. The van der Waals surface area contributed by atoms with E-state index in [-0.39, 0.29) is 17.3 Å². The molecule has 1 unspecified atom stereocenters. The second kappa shape index (κ2) is 3.62. The molecule has 1 aliphatic rings. The Hall–Kier alpha value is -1.31. The number of hydrogen-bond acceptors (Lipinski definition) is 1. The van der Waals surface area contributed by atoms with Gasteiger partial charge in [0.05, 0.1) is 5.92 Å². The van der Waals surface area contributed by atoms with E-state index in [1.807, 2.05) is 0 Å². The van der Waals surface area contributed by atoms with Gasteiger partial charge in [0, 0.05) is 0 Å². The Morgan fingerprint density at radius 3 is 2.19 bits per heavy atom. The van der Waals surface area contributed by atoms with Crippen LogP contribution in [0.3, 0.4) is 0 Å². The third kappa shape index (κ3) is 2.11. The Labute approximate surface area is 96.3 Å². The van der Waals surface area contributed by atoms with Crippen molar-refractivity contribution >= 4 is 5.97 Å². The minimum Gasteiger partial charge on any atom is -0.481 e. The molecule has 1 fully saturated rings. The third-order valence-electron chi connectivity index (χ3n) is 3.31. The van der Waals surface area contributed by atoms with Crippen molar-refractivity contribution in [3.05, 3.63) is 35.4 Å². The first kappa shape index (κ1) is 11.2. The molecule has 1 aliphatic carbocycles. The maximum absolute atomic E-state index is 10.8. The van der Waals surface area contributed by atoms with Gasteiger partial charge in [-0.3, -0.25) is 4.79 Å². The lowest BCUT2D eigenvalue weighted by Gasteiger charge is -2.19. The number of rotatable bonds is 2. The fourth-order valence-corrected chi connectivity index (χ4v) is 2.07. The summed E-state index contributed by atoms with van der Waals surface area (Å²) in [4.78, 5) is 10.8. The highest BCUT2D eigenvalue weighted by Gasteiger charge is 2.44. The lowest BCUT2D eigenvalue weighted by Crippen LogP contribution is -2.10. The van der Waals surface area contributed by atoms with Gasteiger partial charge < -0.3 is 5.11 Å². The minimum absolute atomic E-state index is 0.152. The molecular formula is C14H18O2. The first-order valence-electron chi connectivity index (χ1n) is 5.73. The van der Waals surface area contributed by atoms with Crippen LogP contribution in [-0.2, 0) is 10.2 Å². The number of carbonyl (C=O) groups is 1. The van der Waals surface area contributed by atoms with Crippen molar-refractivity contribution in [3.8, 4) is 0 Å². The maximum atomic E-state index is 10.8. The fraction of sp³-hybridized carbons (Fsp3) is 0.500. The molecule has 2 atom stereocenters. The Morgan fingerprint density at radius 2 is 1.81 bits per heavy atom. The van der Waals surface area contributed by atoms with Gasteiger partial charge in [-0.1, -0.05) is 45.0 Å². The summed E-state index contributed by atoms with van der Waals surface area (Å²) < 4.78 is 0. The number of benzene rings is 1. The van der Waals surface area contributed by atoms with Crippen molar-refractivity contribution in [3.63, 3.8) is 0 Å². The first-order chi connectivity index (χ1) is 7.39. The van der Waals surface area contributed by atoms with E-state index >= 15 is 0 Å². The maximum Gasteiger partial charge on any atom is 0.307 e. The van der Waals surface area contributed by atoms with Crippen LogP contribution in [-0.4, -0.2) is 11.1 Å². The molecule has 86 valence electrons. The molecule has 0 aliphatic heterocycles. The zero-order chi connectivity index (χ0) is 11.9. The molecule has 0 heterocycles. The van der Waals surface area contributed by atoms with Crippen molar-refractivity contribution in [2.24, 2.45) is 5.92 Å². The van der Waals surface area contributed by atoms with E-state index in [0.717, 1.165) is 6.42 Å². The second-order valence-electron chi connectivity index (χ2n) is 5.66. The summed E-state index contributed by atoms with van der Waals surface area (Å²) in [5, 5.41) is 8.87. The van der Waals surface area contributed by atoms with Gasteiger partial charge in [-0.05, 0) is 28.9 Å². The summed E-state index contributed by atoms with van der Waals surface area (Å²) in [7, 11) is 0. The van der Waals surface area contributed by atoms with Crippen LogP contribution in [0.15, 0.2) is 24.3 Å². The van der Waals surface area contributed by atoms with E-state index < -0.39 is 5.97 Å². The van der Waals surface area contributed by atoms with E-state index in [9.17, 15) is 4.79 Å². The normalized spacial score (nSPS) is 24.2. The number of hydrogen-bond donors (Lipinski definition) is 1. The molecule has 0 saturated heterocycles. The summed E-state index contributed by atoms with van der Waals surface area (Å²) in [5.74, 6) is -0.572. The third-order valence-corrected chi connectivity index (χ3v) is 3.31. The molecule has 0 radical (unpaired) electrons. The fourth-order valence-electron chi connectivity index (χ4n) is 2.07. The SMILES string of the molecule is CC(C)(C)c1ccc(C2C[C@@H]2C(=O)O)cc1. The van der Waals surface area contributed by atoms with Crippen LogP contribution in [0.4, 0.5) is 0 Å². The monoisotopic (exact) mass is 218 g/mol. The van der Waals surface area contributed by atoms with Gasteiger partial charge in [-0.2, -0.15) is 0 Å². The van der Waals surface area contributed by atoms with Gasteiger partial charge in [-0.15, -0.1) is 0 Å². The van der Waals surface area contributed by atoms with Crippen molar-refractivity contribution in [1.82, 2.24) is 0 Å². The highest BCUT2D eigenvalue weighted by molar-refractivity contribution is 5.75. The molecule has 1 N–H and O–H groups in total. The molecule has 2 heteroatoms. The highest BCUT2D eigenvalue weighted by atomic mass is 16.4. The average molecular weight is 218 g/mol. The quantitative estimate of drug-likeness (QED) is 0.827. The van der Waals surface area contributed by atoms with E-state index in [1.54, 1.807) is 0 Å². The lowest BCUT2D eigenvalue weighted by atomic mass is 9.86. The summed E-state index contributed by atoms with van der Waals surface area (Å²) in [6, 6.07) is 8.39. The predicted octanol–water partition coefficient (Wildman–Crippen LogP) is 3.17. The van der Waals surface area contributed by atoms with Crippen LogP contribution < -0.4 is 0 Å². The van der Waals surface area contributed by atoms with Crippen molar-refractivity contribution in [2.45, 2.75) is 38.5 Å². The molecule has 0 bridgehead atoms. The molecule has 1 saturated carbocycles. The van der Waals surface area contributed by atoms with Crippen LogP contribution in [0.1, 0.15) is 44.2 Å². The Bertz CT molecular complexity index is 398. The summed E-state index contributed by atoms with van der Waals surface area (Å²) in [6.45, 7) is 6.54. The molecule has 2 rings (SSSR count). The van der Waals surface area contributed by atoms with Crippen LogP contribution in [0.25, 0.3) is 0 Å². The van der Waals surface area contributed by atoms with Gasteiger partial charge in [0.2, 0.25) is 0 Å². The highest BCUT2D eigenvalue weighted by Crippen LogP contribution is 2.47. The molecule has 0 spiro atoms. The van der Waals surface area contributed by atoms with Gasteiger partial charge >= 0.3 is 5.97 Å². The number of aliphatic carboxylic acids is 1. The van der Waals surface area contributed by atoms with E-state index in [1.165, 1.54) is 11.1 Å². The molecule has 0 amide bonds. The van der Waals surface area contributed by atoms with Gasteiger partial charge in [0.1, 0.15) is 0 Å². The standard InChI is InChI=1S/C14H18O2/c1-14(2,3)10-6-4-9(5-7-10)11-8-12(11)13(15)16/h4-7,11-12H,8H2,1-3H3,(H,15,16)/t11?,12-/m0/s1. The molecule has 1 aromatic rings. The van der Waals surface area contributed by atoms with Gasteiger partial charge in [0.25, 0.3) is 0 Å². The van der Waals surface area contributed by atoms with Crippen molar-refractivity contribution in [1.29, 1.82) is 0 Å². The molecular weight excluding hydrogens is 200 g/mol. The largest absolute Gasteiger partial charge is 0.481 e. The zero-order valence-electron chi connectivity index (χ0n) is 10.0. The number of carboxylic acid groups (broad SMARTS) is 1. The Balaban J connectivity index is 2.13. The van der Waals surface area contributed by atoms with Crippen LogP contribution in [0.2, 0.25) is 0 Å².